The molecule has 3 nitrogen and oxygen atoms in total. The van der Waals surface area contributed by atoms with E-state index in [-0.39, 0.29) is 18.4 Å². The van der Waals surface area contributed by atoms with Gasteiger partial charge < -0.3 is 10.6 Å². The highest BCUT2D eigenvalue weighted by Crippen LogP contribution is 2.16. The van der Waals surface area contributed by atoms with Crippen molar-refractivity contribution in [3.63, 3.8) is 0 Å². The van der Waals surface area contributed by atoms with Crippen LogP contribution in [0.15, 0.2) is 18.2 Å². The predicted molar refractivity (Wildman–Crippen MR) is 79.4 cm³/mol. The largest absolute Gasteiger partial charge is 0.341 e. The first kappa shape index (κ1) is 17.6. The van der Waals surface area contributed by atoms with E-state index in [1.54, 1.807) is 7.05 Å². The number of hydrogen-bond donors (Lipinski definition) is 1. The van der Waals surface area contributed by atoms with Gasteiger partial charge >= 0.3 is 0 Å². The molecule has 21 heavy (non-hydrogen) atoms. The quantitative estimate of drug-likeness (QED) is 0.841. The van der Waals surface area contributed by atoms with Crippen LogP contribution in [0.4, 0.5) is 8.78 Å². The van der Waals surface area contributed by atoms with Crippen molar-refractivity contribution in [1.82, 2.24) is 4.90 Å². The summed E-state index contributed by atoms with van der Waals surface area (Å²) in [5, 5.41) is 0. The van der Waals surface area contributed by atoms with E-state index < -0.39 is 11.6 Å². The van der Waals surface area contributed by atoms with Crippen molar-refractivity contribution < 1.29 is 13.6 Å². The van der Waals surface area contributed by atoms with Crippen molar-refractivity contribution in [3.8, 4) is 0 Å². The summed E-state index contributed by atoms with van der Waals surface area (Å²) in [6, 6.07) is 3.68. The second-order valence-corrected chi connectivity index (χ2v) is 5.93. The van der Waals surface area contributed by atoms with E-state index in [2.05, 4.69) is 13.8 Å². The minimum absolute atomic E-state index is 0.0316. The van der Waals surface area contributed by atoms with Crippen molar-refractivity contribution in [2.24, 2.45) is 17.6 Å². The zero-order valence-electron chi connectivity index (χ0n) is 12.9. The lowest BCUT2D eigenvalue weighted by Crippen LogP contribution is -2.30. The van der Waals surface area contributed by atoms with Gasteiger partial charge in [-0.1, -0.05) is 19.9 Å². The van der Waals surface area contributed by atoms with Gasteiger partial charge in [-0.05, 0) is 42.5 Å². The first-order valence-electron chi connectivity index (χ1n) is 7.21. The van der Waals surface area contributed by atoms with Crippen LogP contribution in [-0.4, -0.2) is 24.4 Å². The normalized spacial score (nSPS) is 12.5. The van der Waals surface area contributed by atoms with Gasteiger partial charge in [0, 0.05) is 20.0 Å². The highest BCUT2D eigenvalue weighted by atomic mass is 19.2. The summed E-state index contributed by atoms with van der Waals surface area (Å²) in [6.07, 6.45) is 1.29. The molecule has 1 aromatic carbocycles. The third-order valence-electron chi connectivity index (χ3n) is 3.43. The summed E-state index contributed by atoms with van der Waals surface area (Å²) in [5.74, 6) is -1.16. The van der Waals surface area contributed by atoms with Gasteiger partial charge in [0.05, 0.1) is 0 Å². The molecule has 1 aromatic rings. The van der Waals surface area contributed by atoms with Gasteiger partial charge in [-0.3, -0.25) is 4.79 Å². The Bertz CT molecular complexity index is 477. The molecule has 0 fully saturated rings. The molecule has 1 amide bonds. The molecule has 0 aliphatic heterocycles. The fourth-order valence-corrected chi connectivity index (χ4v) is 2.33. The van der Waals surface area contributed by atoms with Crippen LogP contribution in [0.2, 0.25) is 0 Å². The highest BCUT2D eigenvalue weighted by Gasteiger charge is 2.17. The lowest BCUT2D eigenvalue weighted by molar-refractivity contribution is -0.131. The molecule has 0 bridgehead atoms. The summed E-state index contributed by atoms with van der Waals surface area (Å²) in [6.45, 7) is 4.92. The van der Waals surface area contributed by atoms with E-state index in [1.807, 2.05) is 0 Å². The first-order valence-corrected chi connectivity index (χ1v) is 7.21. The molecule has 0 aliphatic rings. The van der Waals surface area contributed by atoms with Gasteiger partial charge in [0.2, 0.25) is 5.91 Å². The predicted octanol–water partition coefficient (Wildman–Crippen LogP) is 2.93. The average Bonchev–Trinajstić information content (AvgIpc) is 2.41. The summed E-state index contributed by atoms with van der Waals surface area (Å²) >= 11 is 0. The Labute approximate surface area is 125 Å². The molecule has 1 atom stereocenters. The molecule has 0 spiro atoms. The summed E-state index contributed by atoms with van der Waals surface area (Å²) in [4.78, 5) is 13.7. The number of nitrogens with zero attached hydrogens (tertiary/aromatic N) is 1. The third-order valence-corrected chi connectivity index (χ3v) is 3.43. The van der Waals surface area contributed by atoms with Crippen molar-refractivity contribution in [2.45, 2.75) is 33.2 Å². The Morgan fingerprint density at radius 1 is 1.29 bits per heavy atom. The molecule has 0 radical (unpaired) electrons. The van der Waals surface area contributed by atoms with Crippen LogP contribution in [0.5, 0.6) is 0 Å². The van der Waals surface area contributed by atoms with E-state index in [1.165, 1.54) is 11.0 Å². The molecule has 0 aromatic heterocycles. The average molecular weight is 298 g/mol. The van der Waals surface area contributed by atoms with Gasteiger partial charge in [0.15, 0.2) is 11.6 Å². The number of rotatable bonds is 7. The van der Waals surface area contributed by atoms with Gasteiger partial charge in [0.25, 0.3) is 0 Å². The lowest BCUT2D eigenvalue weighted by Gasteiger charge is -2.22. The maximum Gasteiger partial charge on any atom is 0.222 e. The Kier molecular flexibility index (Phi) is 6.75. The minimum Gasteiger partial charge on any atom is -0.341 e. The van der Waals surface area contributed by atoms with E-state index in [0.717, 1.165) is 18.6 Å². The van der Waals surface area contributed by atoms with Crippen molar-refractivity contribution in [1.29, 1.82) is 0 Å². The molecule has 0 heterocycles. The second kappa shape index (κ2) is 8.08. The van der Waals surface area contributed by atoms with E-state index in [4.69, 9.17) is 5.73 Å². The standard InChI is InChI=1S/C16H24F2N2O/c1-11(2)6-13(9-19)8-16(21)20(3)10-12-4-5-14(17)15(18)7-12/h4-5,7,11,13H,6,8-10,19H2,1-3H3. The third kappa shape index (κ3) is 5.79. The molecule has 118 valence electrons. The number of nitrogens with two attached hydrogens (primary N) is 1. The number of amides is 1. The van der Waals surface area contributed by atoms with Crippen LogP contribution in [0, 0.1) is 23.5 Å². The van der Waals surface area contributed by atoms with Gasteiger partial charge in [-0.15, -0.1) is 0 Å². The summed E-state index contributed by atoms with van der Waals surface area (Å²) in [5.41, 5.74) is 6.26. The SMILES string of the molecule is CC(C)CC(CN)CC(=O)N(C)Cc1ccc(F)c(F)c1. The van der Waals surface area contributed by atoms with Gasteiger partial charge in [0.1, 0.15) is 0 Å². The van der Waals surface area contributed by atoms with Gasteiger partial charge in [-0.25, -0.2) is 8.78 Å². The molecule has 5 heteroatoms. The van der Waals surface area contributed by atoms with Crippen LogP contribution >= 0.6 is 0 Å². The maximum absolute atomic E-state index is 13.1. The number of halogens is 2. The van der Waals surface area contributed by atoms with Crippen LogP contribution < -0.4 is 5.73 Å². The molecule has 0 saturated heterocycles. The maximum atomic E-state index is 13.1. The zero-order chi connectivity index (χ0) is 16.0. The molecular weight excluding hydrogens is 274 g/mol. The van der Waals surface area contributed by atoms with Gasteiger partial charge in [-0.2, -0.15) is 0 Å². The summed E-state index contributed by atoms with van der Waals surface area (Å²) in [7, 11) is 1.66. The number of carbonyl (C=O) groups is 1. The van der Waals surface area contributed by atoms with E-state index in [0.29, 0.717) is 24.4 Å². The van der Waals surface area contributed by atoms with Crippen LogP contribution in [0.3, 0.4) is 0 Å². The van der Waals surface area contributed by atoms with Crippen LogP contribution in [0.25, 0.3) is 0 Å². The fraction of sp³-hybridized carbons (Fsp3) is 0.562. The zero-order valence-corrected chi connectivity index (χ0v) is 12.9. The van der Waals surface area contributed by atoms with Crippen LogP contribution in [0.1, 0.15) is 32.3 Å². The Morgan fingerprint density at radius 3 is 2.48 bits per heavy atom. The monoisotopic (exact) mass is 298 g/mol. The smallest absolute Gasteiger partial charge is 0.222 e. The topological polar surface area (TPSA) is 46.3 Å². The fourth-order valence-electron chi connectivity index (χ4n) is 2.33. The number of benzene rings is 1. The Balaban J connectivity index is 2.59. The number of carbonyl (C=O) groups excluding carboxylic acids is 1. The molecule has 1 unspecified atom stereocenters. The van der Waals surface area contributed by atoms with Crippen molar-refractivity contribution in [3.05, 3.63) is 35.4 Å². The summed E-state index contributed by atoms with van der Waals surface area (Å²) < 4.78 is 26.0. The molecular formula is C16H24F2N2O. The number of hydrogen-bond acceptors (Lipinski definition) is 2. The van der Waals surface area contributed by atoms with Crippen LogP contribution in [-0.2, 0) is 11.3 Å². The molecule has 2 N–H and O–H groups in total. The molecule has 1 rings (SSSR count). The molecule has 0 saturated carbocycles. The second-order valence-electron chi connectivity index (χ2n) is 5.93. The van der Waals surface area contributed by atoms with Crippen molar-refractivity contribution in [2.75, 3.05) is 13.6 Å². The highest BCUT2D eigenvalue weighted by molar-refractivity contribution is 5.76. The van der Waals surface area contributed by atoms with E-state index >= 15 is 0 Å². The minimum atomic E-state index is -0.895. The Hall–Kier alpha value is -1.49. The van der Waals surface area contributed by atoms with Crippen molar-refractivity contribution >= 4 is 5.91 Å². The molecule has 0 aliphatic carbocycles. The Morgan fingerprint density at radius 2 is 1.95 bits per heavy atom. The first-order chi connectivity index (χ1) is 9.83. The van der Waals surface area contributed by atoms with E-state index in [9.17, 15) is 13.6 Å². The lowest BCUT2D eigenvalue weighted by atomic mass is 9.94.